The van der Waals surface area contributed by atoms with Gasteiger partial charge in [-0.15, -0.1) is 0 Å². The van der Waals surface area contributed by atoms with E-state index in [-0.39, 0.29) is 11.8 Å². The second kappa shape index (κ2) is 7.42. The normalized spacial score (nSPS) is 29.5. The van der Waals surface area contributed by atoms with Crippen LogP contribution in [-0.4, -0.2) is 56.9 Å². The molecule has 4 aromatic heterocycles. The van der Waals surface area contributed by atoms with Crippen molar-refractivity contribution in [3.63, 3.8) is 0 Å². The molecule has 4 aromatic rings. The van der Waals surface area contributed by atoms with Crippen LogP contribution >= 0.6 is 7.60 Å². The van der Waals surface area contributed by atoms with E-state index in [1.807, 2.05) is 9.13 Å². The van der Waals surface area contributed by atoms with E-state index in [0.29, 0.717) is 47.1 Å². The first-order chi connectivity index (χ1) is 16.6. The van der Waals surface area contributed by atoms with E-state index in [1.54, 1.807) is 19.3 Å². The number of nitrogens with two attached hydrogens (primary N) is 2. The molecule has 0 spiro atoms. The summed E-state index contributed by atoms with van der Waals surface area (Å²) < 4.78 is 30.0. The molecule has 184 valence electrons. The van der Waals surface area contributed by atoms with Gasteiger partial charge in [0.05, 0.1) is 36.9 Å². The summed E-state index contributed by atoms with van der Waals surface area (Å²) in [4.78, 5) is 25.3. The number of hydrogen-bond acceptors (Lipinski definition) is 11. The van der Waals surface area contributed by atoms with Crippen LogP contribution in [0.3, 0.4) is 0 Å². The van der Waals surface area contributed by atoms with Crippen LogP contribution in [0.15, 0.2) is 25.3 Å². The molecule has 0 amide bonds. The Bertz CT molecular complexity index is 1400. The molecule has 2 aliphatic carbocycles. The lowest BCUT2D eigenvalue weighted by atomic mass is 10.3. The molecule has 0 saturated heterocycles. The summed E-state index contributed by atoms with van der Waals surface area (Å²) >= 11 is 0. The van der Waals surface area contributed by atoms with Gasteiger partial charge in [0.1, 0.15) is 23.7 Å². The molecular weight excluding hydrogens is 471 g/mol. The van der Waals surface area contributed by atoms with E-state index < -0.39 is 18.8 Å². The van der Waals surface area contributed by atoms with Gasteiger partial charge < -0.3 is 20.6 Å². The zero-order chi connectivity index (χ0) is 24.6. The fourth-order valence-corrected chi connectivity index (χ4v) is 6.94. The van der Waals surface area contributed by atoms with Gasteiger partial charge in [-0.25, -0.2) is 29.9 Å². The smallest absolute Gasteiger partial charge is 0.328 e. The second-order valence-corrected chi connectivity index (χ2v) is 11.8. The number of nitrogens with zero attached hydrogens (tertiary/aromatic N) is 8. The molecule has 13 nitrogen and oxygen atoms in total. The van der Waals surface area contributed by atoms with Crippen LogP contribution in [0.4, 0.5) is 11.6 Å². The Hall–Kier alpha value is -3.15. The van der Waals surface area contributed by atoms with Gasteiger partial charge in [0.25, 0.3) is 0 Å². The van der Waals surface area contributed by atoms with Crippen molar-refractivity contribution in [2.75, 3.05) is 18.1 Å². The maximum absolute atomic E-state index is 13.7. The minimum absolute atomic E-state index is 0.195. The lowest BCUT2D eigenvalue weighted by Crippen LogP contribution is -2.27. The first-order valence-electron chi connectivity index (χ1n) is 11.4. The van der Waals surface area contributed by atoms with Crippen molar-refractivity contribution in [3.05, 3.63) is 25.3 Å². The highest BCUT2D eigenvalue weighted by Crippen LogP contribution is 2.65. The van der Waals surface area contributed by atoms with Crippen LogP contribution in [0.2, 0.25) is 0 Å². The van der Waals surface area contributed by atoms with E-state index in [1.165, 1.54) is 12.7 Å². The molecule has 6 rings (SSSR count). The predicted octanol–water partition coefficient (Wildman–Crippen LogP) is 2.24. The third-order valence-corrected chi connectivity index (χ3v) is 8.60. The van der Waals surface area contributed by atoms with Gasteiger partial charge in [-0.05, 0) is 24.7 Å². The third-order valence-electron chi connectivity index (χ3n) is 7.21. The van der Waals surface area contributed by atoms with Crippen molar-refractivity contribution >= 4 is 41.6 Å². The average molecular weight is 498 g/mol. The second-order valence-electron chi connectivity index (χ2n) is 9.90. The molecule has 14 heteroatoms. The Labute approximate surface area is 200 Å². The summed E-state index contributed by atoms with van der Waals surface area (Å²) in [6.07, 6.45) is 7.64. The van der Waals surface area contributed by atoms with Crippen molar-refractivity contribution in [1.82, 2.24) is 39.0 Å². The topological polar surface area (TPSA) is 175 Å². The third kappa shape index (κ3) is 3.74. The molecule has 0 radical (unpaired) electrons. The molecule has 2 fully saturated rings. The number of fused-ring (bicyclic) bond motifs is 2. The number of rotatable bonds is 8. The molecule has 2 saturated carbocycles. The van der Waals surface area contributed by atoms with Gasteiger partial charge in [0.2, 0.25) is 0 Å². The zero-order valence-corrected chi connectivity index (χ0v) is 20.6. The summed E-state index contributed by atoms with van der Waals surface area (Å²) in [7, 11) is -3.44. The molecular formula is C21H27N10O3P. The first-order valence-corrected chi connectivity index (χ1v) is 13.4. The Kier molecular flexibility index (Phi) is 4.73. The maximum atomic E-state index is 13.7. The fourth-order valence-electron chi connectivity index (χ4n) is 4.96. The summed E-state index contributed by atoms with van der Waals surface area (Å²) in [5, 5.41) is 0. The summed E-state index contributed by atoms with van der Waals surface area (Å²) in [6.45, 7) is 6.56. The molecule has 0 bridgehead atoms. The molecule has 0 aromatic carbocycles. The first kappa shape index (κ1) is 22.3. The Morgan fingerprint density at radius 2 is 1.26 bits per heavy atom. The van der Waals surface area contributed by atoms with Crippen LogP contribution in [0, 0.1) is 11.8 Å². The Balaban J connectivity index is 1.22. The fraction of sp³-hybridized carbons (Fsp3) is 0.524. The molecule has 2 aliphatic rings. The highest BCUT2D eigenvalue weighted by Gasteiger charge is 2.60. The van der Waals surface area contributed by atoms with Crippen LogP contribution in [-0.2, 0) is 26.7 Å². The number of anilines is 2. The van der Waals surface area contributed by atoms with E-state index >= 15 is 0 Å². The van der Waals surface area contributed by atoms with E-state index in [4.69, 9.17) is 20.5 Å². The molecule has 0 aliphatic heterocycles. The van der Waals surface area contributed by atoms with Crippen LogP contribution in [0.25, 0.3) is 22.3 Å². The number of imidazole rings is 2. The van der Waals surface area contributed by atoms with Crippen molar-refractivity contribution in [2.45, 2.75) is 51.0 Å². The van der Waals surface area contributed by atoms with Crippen LogP contribution in [0.5, 0.6) is 0 Å². The average Bonchev–Trinajstić information content (AvgIpc) is 3.39. The highest BCUT2D eigenvalue weighted by atomic mass is 31.2. The summed E-state index contributed by atoms with van der Waals surface area (Å²) in [5.41, 5.74) is 12.9. The number of nitrogen functional groups attached to an aromatic ring is 2. The number of hydrogen-bond donors (Lipinski definition) is 2. The largest absolute Gasteiger partial charge is 0.382 e. The Morgan fingerprint density at radius 3 is 1.63 bits per heavy atom. The van der Waals surface area contributed by atoms with Gasteiger partial charge in [-0.1, -0.05) is 13.8 Å². The zero-order valence-electron chi connectivity index (χ0n) is 19.7. The standard InChI is InChI=1S/C21H27N10O3P/c1-12-4-20(12,6-30-10-28-14-16(22)24-8-26-18(14)30)33-35(3,32)34-21(5-13(21)2)7-31-11-29-15-17(23)25-9-27-19(15)31/h8-13H,4-7H2,1-3H3,(H2,22,24,26)(H2,23,25,27). The quantitative estimate of drug-likeness (QED) is 0.341. The molecule has 4 heterocycles. The maximum Gasteiger partial charge on any atom is 0.328 e. The van der Waals surface area contributed by atoms with Gasteiger partial charge in [0, 0.05) is 6.66 Å². The molecule has 4 unspecified atom stereocenters. The van der Waals surface area contributed by atoms with Gasteiger partial charge in [-0.3, -0.25) is 13.6 Å². The highest BCUT2D eigenvalue weighted by molar-refractivity contribution is 7.53. The minimum atomic E-state index is -3.44. The van der Waals surface area contributed by atoms with Gasteiger partial charge in [0.15, 0.2) is 22.9 Å². The van der Waals surface area contributed by atoms with Crippen LogP contribution in [0.1, 0.15) is 26.7 Å². The predicted molar refractivity (Wildman–Crippen MR) is 128 cm³/mol. The lowest BCUT2D eigenvalue weighted by molar-refractivity contribution is 0.0650. The van der Waals surface area contributed by atoms with Crippen molar-refractivity contribution < 1.29 is 13.6 Å². The molecule has 35 heavy (non-hydrogen) atoms. The monoisotopic (exact) mass is 498 g/mol. The summed E-state index contributed by atoms with van der Waals surface area (Å²) in [5.74, 6) is 1.03. The Morgan fingerprint density at radius 1 is 0.857 bits per heavy atom. The van der Waals surface area contributed by atoms with Crippen molar-refractivity contribution in [1.29, 1.82) is 0 Å². The van der Waals surface area contributed by atoms with E-state index in [0.717, 1.165) is 12.8 Å². The SMILES string of the molecule is CC1CC1(Cn1cnc2c(N)ncnc21)OP(C)(=O)OC1(Cn2cnc3c(N)ncnc32)CC1C. The van der Waals surface area contributed by atoms with E-state index in [2.05, 4.69) is 43.8 Å². The molecule has 4 atom stereocenters. The van der Waals surface area contributed by atoms with Crippen molar-refractivity contribution in [3.8, 4) is 0 Å². The van der Waals surface area contributed by atoms with Gasteiger partial charge in [-0.2, -0.15) is 0 Å². The summed E-state index contributed by atoms with van der Waals surface area (Å²) in [6, 6.07) is 0. The van der Waals surface area contributed by atoms with E-state index in [9.17, 15) is 4.57 Å². The molecule has 4 N–H and O–H groups in total. The minimum Gasteiger partial charge on any atom is -0.382 e. The number of aromatic nitrogens is 8. The lowest BCUT2D eigenvalue weighted by Gasteiger charge is -2.28. The van der Waals surface area contributed by atoms with Crippen LogP contribution < -0.4 is 11.5 Å². The van der Waals surface area contributed by atoms with Gasteiger partial charge >= 0.3 is 7.60 Å². The van der Waals surface area contributed by atoms with Crippen molar-refractivity contribution in [2.24, 2.45) is 11.8 Å².